The van der Waals surface area contributed by atoms with Crippen LogP contribution in [0.4, 0.5) is 0 Å². The summed E-state index contributed by atoms with van der Waals surface area (Å²) in [5.74, 6) is 1.50. The molecule has 0 aliphatic heterocycles. The molecular weight excluding hydrogens is 324 g/mol. The lowest BCUT2D eigenvalue weighted by atomic mass is 9.98. The predicted molar refractivity (Wildman–Crippen MR) is 101 cm³/mol. The number of aryl methyl sites for hydroxylation is 1. The standard InChI is InChI=1S/C21H18N4O/c1-15-7-9-16(10-8-15)19-5-3-4-6-20(19)21-22-23-24-25(21)17-11-13-18(26-2)14-12-17/h3-14H,1-2H3. The van der Waals surface area contributed by atoms with Crippen molar-refractivity contribution < 1.29 is 4.74 Å². The van der Waals surface area contributed by atoms with Crippen molar-refractivity contribution in [3.05, 3.63) is 78.4 Å². The van der Waals surface area contributed by atoms with Crippen LogP contribution in [0.1, 0.15) is 5.56 Å². The van der Waals surface area contributed by atoms with Gasteiger partial charge in [-0.3, -0.25) is 0 Å². The molecule has 0 aliphatic carbocycles. The zero-order chi connectivity index (χ0) is 17.9. The van der Waals surface area contributed by atoms with Gasteiger partial charge in [0.1, 0.15) is 5.75 Å². The van der Waals surface area contributed by atoms with Crippen LogP contribution in [0.15, 0.2) is 72.8 Å². The van der Waals surface area contributed by atoms with Gasteiger partial charge in [0.25, 0.3) is 0 Å². The van der Waals surface area contributed by atoms with Gasteiger partial charge >= 0.3 is 0 Å². The van der Waals surface area contributed by atoms with Crippen LogP contribution < -0.4 is 4.74 Å². The van der Waals surface area contributed by atoms with Gasteiger partial charge in [0.2, 0.25) is 0 Å². The Kier molecular flexibility index (Phi) is 4.19. The van der Waals surface area contributed by atoms with Gasteiger partial charge in [-0.05, 0) is 52.7 Å². The van der Waals surface area contributed by atoms with Crippen LogP contribution in [-0.4, -0.2) is 27.3 Å². The highest BCUT2D eigenvalue weighted by Crippen LogP contribution is 2.31. The Labute approximate surface area is 151 Å². The zero-order valence-corrected chi connectivity index (χ0v) is 14.6. The summed E-state index contributed by atoms with van der Waals surface area (Å²) in [6, 6.07) is 24.3. The smallest absolute Gasteiger partial charge is 0.187 e. The fraction of sp³-hybridized carbons (Fsp3) is 0.0952. The molecule has 3 aromatic carbocycles. The Hall–Kier alpha value is -3.47. The minimum atomic E-state index is 0.700. The van der Waals surface area contributed by atoms with Gasteiger partial charge in [0.05, 0.1) is 12.8 Å². The molecule has 0 saturated heterocycles. The van der Waals surface area contributed by atoms with E-state index in [2.05, 4.69) is 52.8 Å². The summed E-state index contributed by atoms with van der Waals surface area (Å²) in [7, 11) is 1.65. The Morgan fingerprint density at radius 2 is 1.50 bits per heavy atom. The highest BCUT2D eigenvalue weighted by atomic mass is 16.5. The lowest BCUT2D eigenvalue weighted by molar-refractivity contribution is 0.414. The van der Waals surface area contributed by atoms with E-state index >= 15 is 0 Å². The summed E-state index contributed by atoms with van der Waals surface area (Å²) in [4.78, 5) is 0. The second-order valence-corrected chi connectivity index (χ2v) is 6.02. The minimum Gasteiger partial charge on any atom is -0.497 e. The molecule has 5 nitrogen and oxygen atoms in total. The molecule has 4 aromatic rings. The molecule has 1 heterocycles. The van der Waals surface area contributed by atoms with Crippen LogP contribution in [0.2, 0.25) is 0 Å². The maximum absolute atomic E-state index is 5.23. The first kappa shape index (κ1) is 16.0. The molecule has 4 rings (SSSR count). The van der Waals surface area contributed by atoms with Crippen molar-refractivity contribution in [2.24, 2.45) is 0 Å². The van der Waals surface area contributed by atoms with Crippen LogP contribution in [0, 0.1) is 6.92 Å². The maximum Gasteiger partial charge on any atom is 0.187 e. The van der Waals surface area contributed by atoms with Crippen molar-refractivity contribution >= 4 is 0 Å². The third kappa shape index (κ3) is 2.95. The Bertz CT molecular complexity index is 1020. The van der Waals surface area contributed by atoms with E-state index in [4.69, 9.17) is 4.74 Å². The maximum atomic E-state index is 5.23. The average molecular weight is 342 g/mol. The summed E-state index contributed by atoms with van der Waals surface area (Å²) in [5, 5.41) is 12.4. The first-order valence-electron chi connectivity index (χ1n) is 8.35. The van der Waals surface area contributed by atoms with E-state index in [1.807, 2.05) is 42.5 Å². The van der Waals surface area contributed by atoms with Gasteiger partial charge in [-0.1, -0.05) is 54.1 Å². The molecule has 0 bridgehead atoms. The first-order chi connectivity index (χ1) is 12.8. The van der Waals surface area contributed by atoms with E-state index in [0.29, 0.717) is 5.82 Å². The van der Waals surface area contributed by atoms with Crippen LogP contribution in [-0.2, 0) is 0 Å². The summed E-state index contributed by atoms with van der Waals surface area (Å²) in [6.45, 7) is 2.08. The fourth-order valence-corrected chi connectivity index (χ4v) is 2.92. The molecule has 0 radical (unpaired) electrons. The predicted octanol–water partition coefficient (Wildman–Crippen LogP) is 4.31. The number of rotatable bonds is 4. The lowest BCUT2D eigenvalue weighted by Crippen LogP contribution is -2.00. The van der Waals surface area contributed by atoms with Gasteiger partial charge in [-0.25, -0.2) is 0 Å². The molecule has 0 N–H and O–H groups in total. The minimum absolute atomic E-state index is 0.700. The van der Waals surface area contributed by atoms with Crippen LogP contribution in [0.5, 0.6) is 5.75 Å². The number of methoxy groups -OCH3 is 1. The second-order valence-electron chi connectivity index (χ2n) is 6.02. The molecule has 0 saturated carbocycles. The summed E-state index contributed by atoms with van der Waals surface area (Å²) in [6.07, 6.45) is 0. The molecular formula is C21H18N4O. The van der Waals surface area contributed by atoms with Gasteiger partial charge in [-0.2, -0.15) is 4.68 Å². The normalized spacial score (nSPS) is 10.7. The largest absolute Gasteiger partial charge is 0.497 e. The van der Waals surface area contributed by atoms with E-state index in [-0.39, 0.29) is 0 Å². The van der Waals surface area contributed by atoms with Crippen molar-refractivity contribution in [2.45, 2.75) is 6.92 Å². The van der Waals surface area contributed by atoms with Gasteiger partial charge in [-0.15, -0.1) is 5.10 Å². The Morgan fingerprint density at radius 3 is 2.19 bits per heavy atom. The zero-order valence-electron chi connectivity index (χ0n) is 14.6. The molecule has 128 valence electrons. The first-order valence-corrected chi connectivity index (χ1v) is 8.35. The molecule has 0 aliphatic rings. The van der Waals surface area contributed by atoms with Gasteiger partial charge in [0.15, 0.2) is 5.82 Å². The summed E-state index contributed by atoms with van der Waals surface area (Å²) in [5.41, 5.74) is 5.32. The molecule has 5 heteroatoms. The van der Waals surface area contributed by atoms with E-state index in [9.17, 15) is 0 Å². The van der Waals surface area contributed by atoms with E-state index in [1.54, 1.807) is 11.8 Å². The van der Waals surface area contributed by atoms with Crippen molar-refractivity contribution in [3.63, 3.8) is 0 Å². The van der Waals surface area contributed by atoms with Crippen LogP contribution >= 0.6 is 0 Å². The number of hydrogen-bond acceptors (Lipinski definition) is 4. The number of ether oxygens (including phenoxy) is 1. The van der Waals surface area contributed by atoms with Crippen molar-refractivity contribution in [1.82, 2.24) is 20.2 Å². The average Bonchev–Trinajstić information content (AvgIpc) is 3.18. The van der Waals surface area contributed by atoms with Gasteiger partial charge < -0.3 is 4.74 Å². The Balaban J connectivity index is 1.82. The van der Waals surface area contributed by atoms with Crippen molar-refractivity contribution in [3.8, 4) is 34.0 Å². The van der Waals surface area contributed by atoms with Crippen molar-refractivity contribution in [1.29, 1.82) is 0 Å². The molecule has 26 heavy (non-hydrogen) atoms. The topological polar surface area (TPSA) is 52.8 Å². The van der Waals surface area contributed by atoms with E-state index in [0.717, 1.165) is 28.1 Å². The lowest BCUT2D eigenvalue weighted by Gasteiger charge is -2.11. The highest BCUT2D eigenvalue weighted by molar-refractivity contribution is 5.81. The number of nitrogens with zero attached hydrogens (tertiary/aromatic N) is 4. The molecule has 0 unspecified atom stereocenters. The van der Waals surface area contributed by atoms with Crippen LogP contribution in [0.3, 0.4) is 0 Å². The molecule has 0 spiro atoms. The van der Waals surface area contributed by atoms with Crippen LogP contribution in [0.25, 0.3) is 28.2 Å². The summed E-state index contributed by atoms with van der Waals surface area (Å²) >= 11 is 0. The number of hydrogen-bond donors (Lipinski definition) is 0. The fourth-order valence-electron chi connectivity index (χ4n) is 2.92. The van der Waals surface area contributed by atoms with E-state index in [1.165, 1.54) is 5.56 Å². The molecule has 0 fully saturated rings. The second kappa shape index (κ2) is 6.80. The monoisotopic (exact) mass is 342 g/mol. The van der Waals surface area contributed by atoms with Crippen molar-refractivity contribution in [2.75, 3.05) is 7.11 Å². The third-order valence-electron chi connectivity index (χ3n) is 4.32. The Morgan fingerprint density at radius 1 is 0.808 bits per heavy atom. The number of benzene rings is 3. The number of tetrazole rings is 1. The molecule has 0 atom stereocenters. The quantitative estimate of drug-likeness (QED) is 0.554. The highest BCUT2D eigenvalue weighted by Gasteiger charge is 2.15. The molecule has 0 amide bonds. The summed E-state index contributed by atoms with van der Waals surface area (Å²) < 4.78 is 6.97. The van der Waals surface area contributed by atoms with E-state index < -0.39 is 0 Å². The third-order valence-corrected chi connectivity index (χ3v) is 4.32. The molecule has 1 aromatic heterocycles. The van der Waals surface area contributed by atoms with Gasteiger partial charge in [0, 0.05) is 5.56 Å². The SMILES string of the molecule is COc1ccc(-n2nnnc2-c2ccccc2-c2ccc(C)cc2)cc1. The number of aromatic nitrogens is 4.